The van der Waals surface area contributed by atoms with Crippen LogP contribution in [0.1, 0.15) is 49.2 Å². The van der Waals surface area contributed by atoms with Crippen LogP contribution in [0.25, 0.3) is 0 Å². The molecular formula is C19H25NO2S. The Morgan fingerprint density at radius 3 is 2.48 bits per heavy atom. The van der Waals surface area contributed by atoms with E-state index in [0.29, 0.717) is 6.42 Å². The lowest BCUT2D eigenvalue weighted by Gasteiger charge is -2.30. The molecule has 4 heteroatoms. The second-order valence-corrected chi connectivity index (χ2v) is 6.90. The highest BCUT2D eigenvalue weighted by Gasteiger charge is 2.26. The first-order chi connectivity index (χ1) is 11.0. The van der Waals surface area contributed by atoms with Crippen LogP contribution in [-0.4, -0.2) is 29.0 Å². The maximum atomic E-state index is 12.6. The first-order valence-corrected chi connectivity index (χ1v) is 8.94. The molecule has 1 heterocycles. The van der Waals surface area contributed by atoms with Crippen LogP contribution in [0.3, 0.4) is 0 Å². The molecule has 3 nitrogen and oxygen atoms in total. The molecule has 0 unspecified atom stereocenters. The van der Waals surface area contributed by atoms with Crippen molar-refractivity contribution in [1.29, 1.82) is 0 Å². The van der Waals surface area contributed by atoms with Crippen molar-refractivity contribution in [2.75, 3.05) is 7.05 Å². The summed E-state index contributed by atoms with van der Waals surface area (Å²) in [6.45, 7) is 4.00. The van der Waals surface area contributed by atoms with Crippen molar-refractivity contribution in [3.05, 3.63) is 58.3 Å². The van der Waals surface area contributed by atoms with Gasteiger partial charge in [0.1, 0.15) is 0 Å². The summed E-state index contributed by atoms with van der Waals surface area (Å²) in [6.07, 6.45) is 0.752. The smallest absolute Gasteiger partial charge is 0.223 e. The fraction of sp³-hybridized carbons (Fsp3) is 0.421. The lowest BCUT2D eigenvalue weighted by Crippen LogP contribution is -2.39. The van der Waals surface area contributed by atoms with Gasteiger partial charge in [0, 0.05) is 24.3 Å². The van der Waals surface area contributed by atoms with Crippen molar-refractivity contribution in [1.82, 2.24) is 4.90 Å². The summed E-state index contributed by atoms with van der Waals surface area (Å²) in [4.78, 5) is 15.5. The van der Waals surface area contributed by atoms with Crippen molar-refractivity contribution >= 4 is 17.2 Å². The molecule has 2 rings (SSSR count). The van der Waals surface area contributed by atoms with Crippen LogP contribution in [0.2, 0.25) is 0 Å². The first kappa shape index (κ1) is 17.7. The molecule has 0 radical (unpaired) electrons. The van der Waals surface area contributed by atoms with Crippen LogP contribution in [0.4, 0.5) is 0 Å². The van der Waals surface area contributed by atoms with Crippen LogP contribution in [0.5, 0.6) is 0 Å². The molecule has 0 bridgehead atoms. The van der Waals surface area contributed by atoms with Gasteiger partial charge < -0.3 is 10.0 Å². The number of carbonyl (C=O) groups is 1. The van der Waals surface area contributed by atoms with E-state index in [1.54, 1.807) is 23.3 Å². The van der Waals surface area contributed by atoms with Crippen molar-refractivity contribution in [2.24, 2.45) is 0 Å². The third-order valence-corrected chi connectivity index (χ3v) is 5.50. The number of hydrogen-bond acceptors (Lipinski definition) is 3. The predicted octanol–water partition coefficient (Wildman–Crippen LogP) is 4.21. The highest BCUT2D eigenvalue weighted by atomic mass is 32.1. The fourth-order valence-corrected chi connectivity index (χ4v) is 3.61. The highest BCUT2D eigenvalue weighted by Crippen LogP contribution is 2.29. The molecule has 0 aliphatic heterocycles. The second-order valence-electron chi connectivity index (χ2n) is 5.93. The number of nitrogens with zero attached hydrogens (tertiary/aromatic N) is 1. The van der Waals surface area contributed by atoms with Gasteiger partial charge >= 0.3 is 0 Å². The van der Waals surface area contributed by atoms with E-state index in [9.17, 15) is 9.90 Å². The third-order valence-electron chi connectivity index (χ3n) is 4.46. The fourth-order valence-electron chi connectivity index (χ4n) is 2.69. The maximum Gasteiger partial charge on any atom is 0.223 e. The summed E-state index contributed by atoms with van der Waals surface area (Å²) in [7, 11) is 1.78. The molecule has 0 aliphatic carbocycles. The van der Waals surface area contributed by atoms with Gasteiger partial charge in [0.2, 0.25) is 5.91 Å². The van der Waals surface area contributed by atoms with Crippen molar-refractivity contribution in [2.45, 2.75) is 44.8 Å². The monoisotopic (exact) mass is 331 g/mol. The van der Waals surface area contributed by atoms with E-state index in [-0.39, 0.29) is 17.9 Å². The van der Waals surface area contributed by atoms with Crippen LogP contribution >= 0.6 is 11.3 Å². The van der Waals surface area contributed by atoms with Gasteiger partial charge in [0.25, 0.3) is 0 Å². The number of rotatable bonds is 7. The van der Waals surface area contributed by atoms with E-state index in [1.165, 1.54) is 4.88 Å². The minimum atomic E-state index is -0.674. The lowest BCUT2D eigenvalue weighted by molar-refractivity contribution is -0.134. The summed E-state index contributed by atoms with van der Waals surface area (Å²) in [5.74, 6) is 0.332. The van der Waals surface area contributed by atoms with E-state index < -0.39 is 6.10 Å². The molecule has 3 atom stereocenters. The molecule has 2 aromatic rings. The molecular weight excluding hydrogens is 306 g/mol. The minimum Gasteiger partial charge on any atom is -0.386 e. The number of aliphatic hydroxyl groups excluding tert-OH is 1. The lowest BCUT2D eigenvalue weighted by atomic mass is 9.98. The van der Waals surface area contributed by atoms with Gasteiger partial charge in [0.15, 0.2) is 0 Å². The molecule has 1 N–H and O–H groups in total. The summed E-state index contributed by atoms with van der Waals surface area (Å²) >= 11 is 1.70. The molecule has 0 saturated heterocycles. The van der Waals surface area contributed by atoms with E-state index in [1.807, 2.05) is 48.7 Å². The molecule has 0 fully saturated rings. The first-order valence-electron chi connectivity index (χ1n) is 8.06. The second kappa shape index (κ2) is 8.27. The molecule has 1 amide bonds. The van der Waals surface area contributed by atoms with Gasteiger partial charge in [-0.15, -0.1) is 11.3 Å². The average molecular weight is 331 g/mol. The molecule has 0 saturated carbocycles. The Morgan fingerprint density at radius 2 is 1.91 bits per heavy atom. The minimum absolute atomic E-state index is 0.0766. The third kappa shape index (κ3) is 4.43. The van der Waals surface area contributed by atoms with Gasteiger partial charge in [0.05, 0.1) is 12.1 Å². The van der Waals surface area contributed by atoms with E-state index in [2.05, 4.69) is 13.0 Å². The number of thiophene rings is 1. The number of benzene rings is 1. The van der Waals surface area contributed by atoms with Crippen LogP contribution < -0.4 is 0 Å². The number of hydrogen-bond donors (Lipinski definition) is 1. The van der Waals surface area contributed by atoms with Gasteiger partial charge in [-0.1, -0.05) is 43.3 Å². The predicted molar refractivity (Wildman–Crippen MR) is 95.6 cm³/mol. The Balaban J connectivity index is 2.01. The van der Waals surface area contributed by atoms with Gasteiger partial charge in [-0.2, -0.15) is 0 Å². The number of carbonyl (C=O) groups excluding carboxylic acids is 1. The van der Waals surface area contributed by atoms with Crippen molar-refractivity contribution < 1.29 is 9.90 Å². The normalized spacial score (nSPS) is 15.0. The highest BCUT2D eigenvalue weighted by molar-refractivity contribution is 7.10. The number of amides is 1. The van der Waals surface area contributed by atoms with Crippen molar-refractivity contribution in [3.63, 3.8) is 0 Å². The molecule has 23 heavy (non-hydrogen) atoms. The molecule has 1 aromatic carbocycles. The van der Waals surface area contributed by atoms with Crippen LogP contribution in [-0.2, 0) is 4.79 Å². The Bertz CT molecular complexity index is 597. The van der Waals surface area contributed by atoms with Crippen molar-refractivity contribution in [3.8, 4) is 0 Å². The van der Waals surface area contributed by atoms with Gasteiger partial charge in [-0.05, 0) is 30.4 Å². The van der Waals surface area contributed by atoms with Gasteiger partial charge in [-0.25, -0.2) is 0 Å². The zero-order chi connectivity index (χ0) is 16.8. The standard InChI is InChI=1S/C19H25NO2S/c1-4-15(17-11-8-12-23-17)13-18(21)20(3)14(2)19(22)16-9-6-5-7-10-16/h5-12,14-15,19,22H,4,13H2,1-3H3/t14-,15+,19+/m0/s1. The van der Waals surface area contributed by atoms with Crippen LogP contribution in [0, 0.1) is 0 Å². The SMILES string of the molecule is CC[C@H](CC(=O)N(C)[C@@H](C)[C@@H](O)c1ccccc1)c1cccs1. The zero-order valence-electron chi connectivity index (χ0n) is 14.0. The summed E-state index contributed by atoms with van der Waals surface area (Å²) in [6, 6.07) is 13.4. The molecule has 1 aromatic heterocycles. The molecule has 124 valence electrons. The van der Waals surface area contributed by atoms with E-state index >= 15 is 0 Å². The Hall–Kier alpha value is -1.65. The van der Waals surface area contributed by atoms with Gasteiger partial charge in [-0.3, -0.25) is 4.79 Å². The molecule has 0 aliphatic rings. The number of aliphatic hydroxyl groups is 1. The topological polar surface area (TPSA) is 40.5 Å². The largest absolute Gasteiger partial charge is 0.386 e. The number of likely N-dealkylation sites (N-methyl/N-ethyl adjacent to an activating group) is 1. The molecule has 0 spiro atoms. The quantitative estimate of drug-likeness (QED) is 0.825. The summed E-state index contributed by atoms with van der Waals surface area (Å²) < 4.78 is 0. The van der Waals surface area contributed by atoms with E-state index in [0.717, 1.165) is 12.0 Å². The average Bonchev–Trinajstić information content (AvgIpc) is 3.12. The zero-order valence-corrected chi connectivity index (χ0v) is 14.8. The maximum absolute atomic E-state index is 12.6. The summed E-state index contributed by atoms with van der Waals surface area (Å²) in [5, 5.41) is 12.5. The Morgan fingerprint density at radius 1 is 1.22 bits per heavy atom. The van der Waals surface area contributed by atoms with E-state index in [4.69, 9.17) is 0 Å². The Kier molecular flexibility index (Phi) is 6.37. The Labute approximate surface area is 142 Å². The summed E-state index contributed by atoms with van der Waals surface area (Å²) in [5.41, 5.74) is 0.838. The van der Waals surface area contributed by atoms with Crippen LogP contribution in [0.15, 0.2) is 47.8 Å².